The monoisotopic (exact) mass is 492 g/mol. The van der Waals surface area contributed by atoms with Crippen LogP contribution >= 0.6 is 27.7 Å². The van der Waals surface area contributed by atoms with Crippen molar-refractivity contribution in [1.29, 1.82) is 0 Å². The maximum absolute atomic E-state index is 12.7. The minimum atomic E-state index is -0.162. The van der Waals surface area contributed by atoms with Crippen LogP contribution in [-0.4, -0.2) is 17.6 Å². The smallest absolute Gasteiger partial charge is 0.256 e. The first-order chi connectivity index (χ1) is 15.1. The Labute approximate surface area is 194 Å². The third-order valence-electron chi connectivity index (χ3n) is 5.80. The lowest BCUT2D eigenvalue weighted by Gasteiger charge is -2.25. The van der Waals surface area contributed by atoms with Crippen molar-refractivity contribution in [2.24, 2.45) is 0 Å². The van der Waals surface area contributed by atoms with Crippen LogP contribution in [0.4, 0.5) is 11.4 Å². The predicted octanol–water partition coefficient (Wildman–Crippen LogP) is 5.97. The quantitative estimate of drug-likeness (QED) is 0.488. The molecule has 1 heterocycles. The average Bonchev–Trinajstić information content (AvgIpc) is 3.40. The van der Waals surface area contributed by atoms with Crippen molar-refractivity contribution in [1.82, 2.24) is 0 Å². The van der Waals surface area contributed by atoms with Gasteiger partial charge in [-0.05, 0) is 88.3 Å². The van der Waals surface area contributed by atoms with Gasteiger partial charge in [0.05, 0.1) is 11.3 Å². The SMILES string of the molecule is O=C(Nc1ccc(C2SCC(=O)N2c2ccc3c(c2)CCC3)cc1)c1ccccc1Br. The molecular formula is C25H21BrN2O2S. The van der Waals surface area contributed by atoms with Crippen LogP contribution in [0.5, 0.6) is 0 Å². The molecule has 0 radical (unpaired) electrons. The Morgan fingerprint density at radius 3 is 2.58 bits per heavy atom. The molecular weight excluding hydrogens is 472 g/mol. The number of carbonyl (C=O) groups excluding carboxylic acids is 2. The molecule has 1 aliphatic carbocycles. The van der Waals surface area contributed by atoms with Gasteiger partial charge in [-0.2, -0.15) is 0 Å². The Balaban J connectivity index is 1.35. The van der Waals surface area contributed by atoms with E-state index in [-0.39, 0.29) is 17.2 Å². The predicted molar refractivity (Wildman–Crippen MR) is 130 cm³/mol. The number of rotatable bonds is 4. The van der Waals surface area contributed by atoms with Crippen molar-refractivity contribution in [3.05, 3.63) is 93.5 Å². The van der Waals surface area contributed by atoms with E-state index in [1.807, 2.05) is 47.4 Å². The number of amides is 2. The first-order valence-electron chi connectivity index (χ1n) is 10.3. The van der Waals surface area contributed by atoms with Crippen molar-refractivity contribution in [3.63, 3.8) is 0 Å². The number of halogens is 1. The largest absolute Gasteiger partial charge is 0.322 e. The highest BCUT2D eigenvalue weighted by molar-refractivity contribution is 9.10. The maximum atomic E-state index is 12.7. The van der Waals surface area contributed by atoms with E-state index in [9.17, 15) is 9.59 Å². The fourth-order valence-corrected chi connectivity index (χ4v) is 5.88. The van der Waals surface area contributed by atoms with Crippen LogP contribution < -0.4 is 10.2 Å². The molecule has 5 rings (SSSR count). The molecule has 0 spiro atoms. The molecule has 1 fully saturated rings. The van der Waals surface area contributed by atoms with Crippen molar-refractivity contribution in [2.45, 2.75) is 24.6 Å². The Morgan fingerprint density at radius 2 is 1.77 bits per heavy atom. The number of nitrogens with zero attached hydrogens (tertiary/aromatic N) is 1. The molecule has 0 bridgehead atoms. The van der Waals surface area contributed by atoms with Crippen LogP contribution in [0, 0.1) is 0 Å². The van der Waals surface area contributed by atoms with Crippen molar-refractivity contribution in [2.75, 3.05) is 16.0 Å². The summed E-state index contributed by atoms with van der Waals surface area (Å²) in [6.07, 6.45) is 3.42. The van der Waals surface area contributed by atoms with Crippen LogP contribution in [-0.2, 0) is 17.6 Å². The molecule has 1 N–H and O–H groups in total. The summed E-state index contributed by atoms with van der Waals surface area (Å²) in [7, 11) is 0. The van der Waals surface area contributed by atoms with Gasteiger partial charge in [-0.1, -0.05) is 30.3 Å². The molecule has 0 saturated carbocycles. The first-order valence-corrected chi connectivity index (χ1v) is 12.2. The summed E-state index contributed by atoms with van der Waals surface area (Å²) in [4.78, 5) is 27.2. The van der Waals surface area contributed by atoms with E-state index < -0.39 is 0 Å². The summed E-state index contributed by atoms with van der Waals surface area (Å²) in [5.41, 5.74) is 6.12. The van der Waals surface area contributed by atoms with Gasteiger partial charge in [0.1, 0.15) is 5.37 Å². The molecule has 3 aromatic carbocycles. The highest BCUT2D eigenvalue weighted by Crippen LogP contribution is 2.43. The van der Waals surface area contributed by atoms with Gasteiger partial charge in [0.2, 0.25) is 5.91 Å². The summed E-state index contributed by atoms with van der Waals surface area (Å²) in [5, 5.41) is 2.88. The van der Waals surface area contributed by atoms with Crippen LogP contribution in [0.3, 0.4) is 0 Å². The second kappa shape index (κ2) is 8.52. The van der Waals surface area contributed by atoms with Crippen molar-refractivity contribution >= 4 is 50.9 Å². The lowest BCUT2D eigenvalue weighted by molar-refractivity contribution is -0.115. The standard InChI is InChI=1S/C25H21BrN2O2S/c26-22-7-2-1-6-21(22)24(30)27-19-11-8-17(9-12-19)25-28(23(29)15-31-25)20-13-10-16-4-3-5-18(16)14-20/h1-2,6-14,25H,3-5,15H2,(H,27,30). The number of thioether (sulfide) groups is 1. The zero-order valence-electron chi connectivity index (χ0n) is 16.8. The molecule has 156 valence electrons. The average molecular weight is 493 g/mol. The van der Waals surface area contributed by atoms with Gasteiger partial charge in [-0.15, -0.1) is 11.8 Å². The number of fused-ring (bicyclic) bond motifs is 1. The van der Waals surface area contributed by atoms with E-state index in [4.69, 9.17) is 0 Å². The lowest BCUT2D eigenvalue weighted by atomic mass is 10.1. The number of hydrogen-bond acceptors (Lipinski definition) is 3. The molecule has 1 aliphatic heterocycles. The van der Waals surface area contributed by atoms with E-state index in [1.165, 1.54) is 17.5 Å². The van der Waals surface area contributed by atoms with E-state index in [0.29, 0.717) is 11.3 Å². The fourth-order valence-electron chi connectivity index (χ4n) is 4.23. The van der Waals surface area contributed by atoms with Gasteiger partial charge in [-0.3, -0.25) is 14.5 Å². The van der Waals surface area contributed by atoms with Gasteiger partial charge in [-0.25, -0.2) is 0 Å². The van der Waals surface area contributed by atoms with E-state index >= 15 is 0 Å². The number of anilines is 2. The van der Waals surface area contributed by atoms with E-state index in [2.05, 4.69) is 39.4 Å². The zero-order valence-corrected chi connectivity index (χ0v) is 19.2. The van der Waals surface area contributed by atoms with Crippen LogP contribution in [0.25, 0.3) is 0 Å². The summed E-state index contributed by atoms with van der Waals surface area (Å²) in [6, 6.07) is 21.6. The molecule has 0 aromatic heterocycles. The molecule has 4 nitrogen and oxygen atoms in total. The highest BCUT2D eigenvalue weighted by Gasteiger charge is 2.34. The van der Waals surface area contributed by atoms with Crippen molar-refractivity contribution in [3.8, 4) is 0 Å². The highest BCUT2D eigenvalue weighted by atomic mass is 79.9. The molecule has 3 aromatic rings. The van der Waals surface area contributed by atoms with Crippen LogP contribution in [0.15, 0.2) is 71.2 Å². The normalized spacial score (nSPS) is 17.6. The van der Waals surface area contributed by atoms with Gasteiger partial charge in [0, 0.05) is 15.8 Å². The lowest BCUT2D eigenvalue weighted by Crippen LogP contribution is -2.27. The molecule has 1 atom stereocenters. The second-order valence-corrected chi connectivity index (χ2v) is 9.71. The Bertz CT molecular complexity index is 1160. The fraction of sp³-hybridized carbons (Fsp3) is 0.200. The number of nitrogens with one attached hydrogen (secondary N) is 1. The van der Waals surface area contributed by atoms with Crippen LogP contribution in [0.2, 0.25) is 0 Å². The zero-order chi connectivity index (χ0) is 21.4. The molecule has 31 heavy (non-hydrogen) atoms. The molecule has 2 amide bonds. The Morgan fingerprint density at radius 1 is 1.00 bits per heavy atom. The minimum Gasteiger partial charge on any atom is -0.322 e. The molecule has 1 unspecified atom stereocenters. The summed E-state index contributed by atoms with van der Waals surface area (Å²) in [6.45, 7) is 0. The minimum absolute atomic E-state index is 0.0556. The van der Waals surface area contributed by atoms with E-state index in [0.717, 1.165) is 34.3 Å². The van der Waals surface area contributed by atoms with Gasteiger partial charge in [0.15, 0.2) is 0 Å². The number of hydrogen-bond donors (Lipinski definition) is 1. The topological polar surface area (TPSA) is 49.4 Å². The number of benzene rings is 3. The third kappa shape index (κ3) is 4.02. The summed E-state index contributed by atoms with van der Waals surface area (Å²) < 4.78 is 0.759. The van der Waals surface area contributed by atoms with Gasteiger partial charge >= 0.3 is 0 Å². The van der Waals surface area contributed by atoms with Gasteiger partial charge in [0.25, 0.3) is 5.91 Å². The maximum Gasteiger partial charge on any atom is 0.256 e. The summed E-state index contributed by atoms with van der Waals surface area (Å²) >= 11 is 5.06. The van der Waals surface area contributed by atoms with Crippen molar-refractivity contribution < 1.29 is 9.59 Å². The number of aryl methyl sites for hydroxylation is 2. The molecule has 1 saturated heterocycles. The van der Waals surface area contributed by atoms with E-state index in [1.54, 1.807) is 17.8 Å². The van der Waals surface area contributed by atoms with Gasteiger partial charge < -0.3 is 5.32 Å². The third-order valence-corrected chi connectivity index (χ3v) is 7.70. The molecule has 6 heteroatoms. The summed E-state index contributed by atoms with van der Waals surface area (Å²) in [5.74, 6) is 0.451. The first kappa shape index (κ1) is 20.3. The number of carbonyl (C=O) groups is 2. The second-order valence-electron chi connectivity index (χ2n) is 7.79. The Kier molecular flexibility index (Phi) is 5.59. The molecule has 2 aliphatic rings. The van der Waals surface area contributed by atoms with Crippen LogP contribution in [0.1, 0.15) is 38.8 Å². The Hall–Kier alpha value is -2.57.